The molecule has 1 aromatic carbocycles. The zero-order chi connectivity index (χ0) is 19.3. The van der Waals surface area contributed by atoms with Crippen molar-refractivity contribution in [3.8, 4) is 0 Å². The van der Waals surface area contributed by atoms with Crippen LogP contribution < -0.4 is 5.32 Å². The number of hydrogen-bond acceptors (Lipinski definition) is 3. The fourth-order valence-corrected chi connectivity index (χ4v) is 3.18. The Hall–Kier alpha value is -2.57. The van der Waals surface area contributed by atoms with Crippen LogP contribution in [0.5, 0.6) is 0 Å². The Kier molecular flexibility index (Phi) is 6.60. The smallest absolute Gasteiger partial charge is 0.323 e. The van der Waals surface area contributed by atoms with Crippen LogP contribution >= 0.6 is 0 Å². The third-order valence-corrected chi connectivity index (χ3v) is 4.54. The van der Waals surface area contributed by atoms with Gasteiger partial charge in [-0.3, -0.25) is 9.59 Å². The SMILES string of the molecule is Cc1cccc(NC(=O)N2CCCC(C(=O)N(CC(=O)O)C(C)C)C2)c1. The van der Waals surface area contributed by atoms with Crippen LogP contribution in [0.1, 0.15) is 32.3 Å². The molecular weight excluding hydrogens is 334 g/mol. The summed E-state index contributed by atoms with van der Waals surface area (Å²) in [5, 5.41) is 11.9. The second-order valence-corrected chi connectivity index (χ2v) is 7.04. The highest BCUT2D eigenvalue weighted by molar-refractivity contribution is 5.90. The molecule has 7 heteroatoms. The van der Waals surface area contributed by atoms with Gasteiger partial charge in [-0.2, -0.15) is 0 Å². The number of amides is 3. The van der Waals surface area contributed by atoms with Gasteiger partial charge in [-0.05, 0) is 51.3 Å². The highest BCUT2D eigenvalue weighted by Crippen LogP contribution is 2.21. The monoisotopic (exact) mass is 361 g/mol. The molecule has 1 fully saturated rings. The van der Waals surface area contributed by atoms with Gasteiger partial charge in [0.25, 0.3) is 0 Å². The third kappa shape index (κ3) is 5.21. The highest BCUT2D eigenvalue weighted by Gasteiger charge is 2.33. The Morgan fingerprint density at radius 3 is 2.69 bits per heavy atom. The number of likely N-dealkylation sites (tertiary alicyclic amines) is 1. The van der Waals surface area contributed by atoms with Crippen molar-refractivity contribution >= 4 is 23.6 Å². The molecule has 1 saturated heterocycles. The maximum absolute atomic E-state index is 12.8. The third-order valence-electron chi connectivity index (χ3n) is 4.54. The lowest BCUT2D eigenvalue weighted by Crippen LogP contribution is -2.50. The molecule has 0 saturated carbocycles. The van der Waals surface area contributed by atoms with Crippen LogP contribution in [0.25, 0.3) is 0 Å². The van der Waals surface area contributed by atoms with E-state index in [1.165, 1.54) is 4.90 Å². The van der Waals surface area contributed by atoms with Crippen molar-refractivity contribution in [2.24, 2.45) is 5.92 Å². The minimum Gasteiger partial charge on any atom is -0.480 e. The van der Waals surface area contributed by atoms with Gasteiger partial charge in [0, 0.05) is 24.8 Å². The van der Waals surface area contributed by atoms with E-state index in [9.17, 15) is 14.4 Å². The average Bonchev–Trinajstić information content (AvgIpc) is 2.59. The van der Waals surface area contributed by atoms with E-state index in [1.807, 2.05) is 31.2 Å². The van der Waals surface area contributed by atoms with Gasteiger partial charge >= 0.3 is 12.0 Å². The van der Waals surface area contributed by atoms with Crippen LogP contribution in [-0.4, -0.2) is 58.5 Å². The summed E-state index contributed by atoms with van der Waals surface area (Å²) in [5.74, 6) is -1.60. The lowest BCUT2D eigenvalue weighted by molar-refractivity contribution is -0.148. The lowest BCUT2D eigenvalue weighted by Gasteiger charge is -2.35. The van der Waals surface area contributed by atoms with E-state index in [1.54, 1.807) is 18.7 Å². The fourth-order valence-electron chi connectivity index (χ4n) is 3.18. The fraction of sp³-hybridized carbons (Fsp3) is 0.526. The van der Waals surface area contributed by atoms with Crippen LogP contribution in [0.15, 0.2) is 24.3 Å². The number of urea groups is 1. The topological polar surface area (TPSA) is 90.0 Å². The molecule has 3 amide bonds. The number of hydrogen-bond donors (Lipinski definition) is 2. The Morgan fingerprint density at radius 1 is 1.35 bits per heavy atom. The second kappa shape index (κ2) is 8.69. The van der Waals surface area contributed by atoms with Gasteiger partial charge in [0.05, 0.1) is 5.92 Å². The molecule has 7 nitrogen and oxygen atoms in total. The van der Waals surface area contributed by atoms with Crippen molar-refractivity contribution in [2.45, 2.75) is 39.7 Å². The molecule has 1 heterocycles. The first-order valence-electron chi connectivity index (χ1n) is 8.92. The van der Waals surface area contributed by atoms with Crippen LogP contribution in [0.2, 0.25) is 0 Å². The molecule has 1 aliphatic heterocycles. The Morgan fingerprint density at radius 2 is 2.08 bits per heavy atom. The second-order valence-electron chi connectivity index (χ2n) is 7.04. The van der Waals surface area contributed by atoms with Gasteiger partial charge in [0.15, 0.2) is 0 Å². The van der Waals surface area contributed by atoms with Crippen LogP contribution in [0.4, 0.5) is 10.5 Å². The van der Waals surface area contributed by atoms with Crippen molar-refractivity contribution in [1.82, 2.24) is 9.80 Å². The summed E-state index contributed by atoms with van der Waals surface area (Å²) in [6, 6.07) is 7.11. The molecule has 0 aliphatic carbocycles. The Labute approximate surface area is 154 Å². The number of piperidine rings is 1. The first-order chi connectivity index (χ1) is 12.3. The standard InChI is InChI=1S/C19H27N3O4/c1-13(2)22(12-17(23)24)18(25)15-7-5-9-21(11-15)19(26)20-16-8-4-6-14(3)10-16/h4,6,8,10,13,15H,5,7,9,11-12H2,1-3H3,(H,20,26)(H,23,24). The zero-order valence-corrected chi connectivity index (χ0v) is 15.6. The summed E-state index contributed by atoms with van der Waals surface area (Å²) in [6.07, 6.45) is 1.38. The number of anilines is 1. The van der Waals surface area contributed by atoms with Gasteiger partial charge in [-0.25, -0.2) is 4.79 Å². The molecular formula is C19H27N3O4. The summed E-state index contributed by atoms with van der Waals surface area (Å²) in [6.45, 7) is 6.12. The number of benzene rings is 1. The molecule has 1 aromatic rings. The summed E-state index contributed by atoms with van der Waals surface area (Å²) in [7, 11) is 0. The van der Waals surface area contributed by atoms with Crippen LogP contribution in [0, 0.1) is 12.8 Å². The van der Waals surface area contributed by atoms with Crippen LogP contribution in [-0.2, 0) is 9.59 Å². The normalized spacial score (nSPS) is 17.1. The maximum atomic E-state index is 12.8. The molecule has 2 N–H and O–H groups in total. The molecule has 1 aliphatic rings. The van der Waals surface area contributed by atoms with Crippen molar-refractivity contribution in [1.29, 1.82) is 0 Å². The molecule has 1 atom stereocenters. The average molecular weight is 361 g/mol. The van der Waals surface area contributed by atoms with E-state index in [0.717, 1.165) is 17.7 Å². The summed E-state index contributed by atoms with van der Waals surface area (Å²) < 4.78 is 0. The molecule has 1 unspecified atom stereocenters. The minimum atomic E-state index is -1.03. The molecule has 0 radical (unpaired) electrons. The summed E-state index contributed by atoms with van der Waals surface area (Å²) in [4.78, 5) is 39.3. The first-order valence-corrected chi connectivity index (χ1v) is 8.92. The lowest BCUT2D eigenvalue weighted by atomic mass is 9.96. The Bertz CT molecular complexity index is 675. The number of carbonyl (C=O) groups is 3. The number of nitrogens with zero attached hydrogens (tertiary/aromatic N) is 2. The number of aliphatic carboxylic acids is 1. The van der Waals surface area contributed by atoms with Crippen molar-refractivity contribution in [3.63, 3.8) is 0 Å². The highest BCUT2D eigenvalue weighted by atomic mass is 16.4. The predicted octanol–water partition coefficient (Wildman–Crippen LogP) is 2.56. The molecule has 26 heavy (non-hydrogen) atoms. The van der Waals surface area contributed by atoms with Gasteiger partial charge < -0.3 is 20.2 Å². The van der Waals surface area contributed by atoms with Gasteiger partial charge in [0.2, 0.25) is 5.91 Å². The molecule has 0 spiro atoms. The van der Waals surface area contributed by atoms with E-state index in [4.69, 9.17) is 5.11 Å². The zero-order valence-electron chi connectivity index (χ0n) is 15.6. The van der Waals surface area contributed by atoms with E-state index < -0.39 is 5.97 Å². The molecule has 142 valence electrons. The number of carboxylic acid groups (broad SMARTS) is 1. The number of carboxylic acids is 1. The summed E-state index contributed by atoms with van der Waals surface area (Å²) >= 11 is 0. The van der Waals surface area contributed by atoms with Crippen LogP contribution in [0.3, 0.4) is 0 Å². The molecule has 0 aromatic heterocycles. The quantitative estimate of drug-likeness (QED) is 0.843. The molecule has 0 bridgehead atoms. The van der Waals surface area contributed by atoms with Crippen molar-refractivity contribution in [3.05, 3.63) is 29.8 Å². The number of aryl methyl sites for hydroxylation is 1. The van der Waals surface area contributed by atoms with E-state index >= 15 is 0 Å². The van der Waals surface area contributed by atoms with Gasteiger partial charge in [0.1, 0.15) is 6.54 Å². The van der Waals surface area contributed by atoms with E-state index in [2.05, 4.69) is 5.32 Å². The number of rotatable bonds is 5. The maximum Gasteiger partial charge on any atom is 0.323 e. The van der Waals surface area contributed by atoms with E-state index in [0.29, 0.717) is 19.5 Å². The van der Waals surface area contributed by atoms with E-state index in [-0.39, 0.29) is 30.4 Å². The van der Waals surface area contributed by atoms with Crippen molar-refractivity contribution in [2.75, 3.05) is 25.0 Å². The number of carbonyl (C=O) groups excluding carboxylic acids is 2. The summed E-state index contributed by atoms with van der Waals surface area (Å²) in [5.41, 5.74) is 1.77. The largest absolute Gasteiger partial charge is 0.480 e. The number of nitrogens with one attached hydrogen (secondary N) is 1. The van der Waals surface area contributed by atoms with Gasteiger partial charge in [-0.15, -0.1) is 0 Å². The predicted molar refractivity (Wildman–Crippen MR) is 99.0 cm³/mol. The van der Waals surface area contributed by atoms with Gasteiger partial charge in [-0.1, -0.05) is 12.1 Å². The first kappa shape index (κ1) is 19.8. The molecule has 2 rings (SSSR count). The van der Waals surface area contributed by atoms with Crippen molar-refractivity contribution < 1.29 is 19.5 Å². The minimum absolute atomic E-state index is 0.199. The Balaban J connectivity index is 2.02.